The van der Waals surface area contributed by atoms with Crippen molar-refractivity contribution in [3.05, 3.63) is 64.7 Å². The molecule has 2 atom stereocenters. The van der Waals surface area contributed by atoms with Gasteiger partial charge in [-0.25, -0.2) is 4.98 Å². The Hall–Kier alpha value is -2.39. The third-order valence-corrected chi connectivity index (χ3v) is 6.09. The summed E-state index contributed by atoms with van der Waals surface area (Å²) >= 11 is 6.08. The van der Waals surface area contributed by atoms with Crippen LogP contribution in [-0.2, 0) is 0 Å². The number of benzene rings is 2. The zero-order valence-corrected chi connectivity index (χ0v) is 18.6. The van der Waals surface area contributed by atoms with Gasteiger partial charge in [0.1, 0.15) is 0 Å². The topological polar surface area (TPSA) is 33.2 Å². The van der Waals surface area contributed by atoms with E-state index in [1.165, 1.54) is 0 Å². The Balaban J connectivity index is 2.26. The highest BCUT2D eigenvalue weighted by Crippen LogP contribution is 2.32. The van der Waals surface area contributed by atoms with E-state index in [1.54, 1.807) is 0 Å². The Morgan fingerprint density at radius 1 is 1.00 bits per heavy atom. The second-order valence-corrected chi connectivity index (χ2v) is 8.15. The number of hydrogen-bond acceptors (Lipinski definition) is 2. The van der Waals surface area contributed by atoms with E-state index in [4.69, 9.17) is 16.6 Å². The Kier molecular flexibility index (Phi) is 6.59. The van der Waals surface area contributed by atoms with Gasteiger partial charge < -0.3 is 4.90 Å². The molecular formula is C25H29ClN2O. The van der Waals surface area contributed by atoms with Gasteiger partial charge in [-0.2, -0.15) is 0 Å². The third-order valence-electron chi connectivity index (χ3n) is 5.83. The van der Waals surface area contributed by atoms with Crippen LogP contribution in [0.2, 0.25) is 5.02 Å². The largest absolute Gasteiger partial charge is 0.333 e. The lowest BCUT2D eigenvalue weighted by atomic mass is 9.95. The molecule has 0 saturated heterocycles. The first-order valence-corrected chi connectivity index (χ1v) is 10.7. The van der Waals surface area contributed by atoms with Crippen LogP contribution in [0.5, 0.6) is 0 Å². The maximum absolute atomic E-state index is 13.9. The summed E-state index contributed by atoms with van der Waals surface area (Å²) < 4.78 is 0. The molecule has 0 N–H and O–H groups in total. The lowest BCUT2D eigenvalue weighted by Crippen LogP contribution is -2.44. The standard InChI is InChI=1S/C25H29ClN2O/c1-6-16(3)28(17(4)7-2)25(29)23-18(5)24(19-12-14-20(26)15-13-19)27-22-11-9-8-10-21(22)23/h8-17H,6-7H2,1-5H3. The fourth-order valence-electron chi connectivity index (χ4n) is 3.83. The molecule has 0 bridgehead atoms. The highest BCUT2D eigenvalue weighted by molar-refractivity contribution is 6.30. The summed E-state index contributed by atoms with van der Waals surface area (Å²) in [6.07, 6.45) is 1.84. The number of hydrogen-bond donors (Lipinski definition) is 0. The molecule has 1 heterocycles. The van der Waals surface area contributed by atoms with Crippen molar-refractivity contribution in [1.82, 2.24) is 9.88 Å². The van der Waals surface area contributed by atoms with Gasteiger partial charge in [0.25, 0.3) is 5.91 Å². The van der Waals surface area contributed by atoms with Crippen LogP contribution in [-0.4, -0.2) is 27.9 Å². The molecule has 3 aromatic rings. The molecule has 0 aliphatic carbocycles. The molecule has 0 spiro atoms. The molecule has 0 fully saturated rings. The SMILES string of the molecule is CCC(C)N(C(=O)c1c(C)c(-c2ccc(Cl)cc2)nc2ccccc12)C(C)CC. The van der Waals surface area contributed by atoms with Gasteiger partial charge in [-0.05, 0) is 57.4 Å². The summed E-state index contributed by atoms with van der Waals surface area (Å²) in [6, 6.07) is 15.9. The molecule has 0 aliphatic heterocycles. The summed E-state index contributed by atoms with van der Waals surface area (Å²) in [5, 5.41) is 1.59. The number of aromatic nitrogens is 1. The van der Waals surface area contributed by atoms with E-state index in [-0.39, 0.29) is 18.0 Å². The van der Waals surface area contributed by atoms with Crippen LogP contribution in [0, 0.1) is 6.92 Å². The number of rotatable bonds is 6. The van der Waals surface area contributed by atoms with E-state index in [9.17, 15) is 4.79 Å². The molecular weight excluding hydrogens is 380 g/mol. The Bertz CT molecular complexity index is 1000. The summed E-state index contributed by atoms with van der Waals surface area (Å²) in [6.45, 7) is 10.5. The Morgan fingerprint density at radius 3 is 2.17 bits per heavy atom. The predicted molar refractivity (Wildman–Crippen MR) is 123 cm³/mol. The average Bonchev–Trinajstić information content (AvgIpc) is 2.73. The van der Waals surface area contributed by atoms with Crippen LogP contribution in [0.4, 0.5) is 0 Å². The zero-order valence-electron chi connectivity index (χ0n) is 17.9. The van der Waals surface area contributed by atoms with Gasteiger partial charge in [-0.15, -0.1) is 0 Å². The van der Waals surface area contributed by atoms with Gasteiger partial charge in [-0.3, -0.25) is 4.79 Å². The molecule has 3 rings (SSSR count). The smallest absolute Gasteiger partial charge is 0.255 e. The second kappa shape index (κ2) is 8.96. The van der Waals surface area contributed by atoms with Gasteiger partial charge in [0.2, 0.25) is 0 Å². The molecule has 1 amide bonds. The van der Waals surface area contributed by atoms with Crippen molar-refractivity contribution in [2.75, 3.05) is 0 Å². The Morgan fingerprint density at radius 2 is 1.59 bits per heavy atom. The fourth-order valence-corrected chi connectivity index (χ4v) is 3.95. The first-order valence-electron chi connectivity index (χ1n) is 10.4. The molecule has 152 valence electrons. The minimum Gasteiger partial charge on any atom is -0.333 e. The van der Waals surface area contributed by atoms with Crippen LogP contribution in [0.15, 0.2) is 48.5 Å². The van der Waals surface area contributed by atoms with Crippen molar-refractivity contribution in [3.8, 4) is 11.3 Å². The molecule has 29 heavy (non-hydrogen) atoms. The lowest BCUT2D eigenvalue weighted by Gasteiger charge is -2.35. The average molecular weight is 409 g/mol. The maximum atomic E-state index is 13.9. The third kappa shape index (κ3) is 4.16. The van der Waals surface area contributed by atoms with Crippen LogP contribution in [0.1, 0.15) is 56.5 Å². The molecule has 1 aromatic heterocycles. The van der Waals surface area contributed by atoms with Crippen molar-refractivity contribution in [1.29, 1.82) is 0 Å². The predicted octanol–water partition coefficient (Wildman–Crippen LogP) is 6.90. The van der Waals surface area contributed by atoms with Crippen LogP contribution in [0.3, 0.4) is 0 Å². The monoisotopic (exact) mass is 408 g/mol. The molecule has 4 heteroatoms. The number of carbonyl (C=O) groups is 1. The molecule has 0 aliphatic rings. The van der Waals surface area contributed by atoms with Crippen LogP contribution in [0.25, 0.3) is 22.2 Å². The number of para-hydroxylation sites is 1. The van der Waals surface area contributed by atoms with E-state index in [1.807, 2.05) is 60.4 Å². The van der Waals surface area contributed by atoms with Crippen LogP contribution < -0.4 is 0 Å². The minimum absolute atomic E-state index is 0.0833. The van der Waals surface area contributed by atoms with Crippen LogP contribution >= 0.6 is 11.6 Å². The van der Waals surface area contributed by atoms with E-state index in [2.05, 4.69) is 27.7 Å². The second-order valence-electron chi connectivity index (χ2n) is 7.71. The van der Waals surface area contributed by atoms with Crippen molar-refractivity contribution in [2.24, 2.45) is 0 Å². The number of carbonyl (C=O) groups excluding carboxylic acids is 1. The van der Waals surface area contributed by atoms with E-state index >= 15 is 0 Å². The van der Waals surface area contributed by atoms with Gasteiger partial charge in [0.05, 0.1) is 16.8 Å². The first kappa shape index (κ1) is 21.3. The summed E-state index contributed by atoms with van der Waals surface area (Å²) in [4.78, 5) is 20.8. The summed E-state index contributed by atoms with van der Waals surface area (Å²) in [7, 11) is 0. The number of pyridine rings is 1. The molecule has 3 nitrogen and oxygen atoms in total. The normalized spacial score (nSPS) is 13.3. The van der Waals surface area contributed by atoms with E-state index in [0.29, 0.717) is 5.02 Å². The highest BCUT2D eigenvalue weighted by atomic mass is 35.5. The van der Waals surface area contributed by atoms with E-state index in [0.717, 1.165) is 46.1 Å². The van der Waals surface area contributed by atoms with Gasteiger partial charge in [0, 0.05) is 28.1 Å². The number of halogens is 1. The van der Waals surface area contributed by atoms with Crippen molar-refractivity contribution < 1.29 is 4.79 Å². The molecule has 2 unspecified atom stereocenters. The molecule has 0 radical (unpaired) electrons. The fraction of sp³-hybridized carbons (Fsp3) is 0.360. The first-order chi connectivity index (χ1) is 13.9. The zero-order chi connectivity index (χ0) is 21.1. The lowest BCUT2D eigenvalue weighted by molar-refractivity contribution is 0.0599. The maximum Gasteiger partial charge on any atom is 0.255 e. The van der Waals surface area contributed by atoms with Crippen molar-refractivity contribution in [3.63, 3.8) is 0 Å². The minimum atomic E-state index is 0.0833. The quantitative estimate of drug-likeness (QED) is 0.444. The molecule has 2 aromatic carbocycles. The number of fused-ring (bicyclic) bond motifs is 1. The summed E-state index contributed by atoms with van der Waals surface area (Å²) in [5.74, 6) is 0.0833. The molecule has 0 saturated carbocycles. The van der Waals surface area contributed by atoms with Crippen molar-refractivity contribution in [2.45, 2.75) is 59.5 Å². The Labute approximate surface area is 178 Å². The number of nitrogens with zero attached hydrogens (tertiary/aromatic N) is 2. The van der Waals surface area contributed by atoms with Gasteiger partial charge >= 0.3 is 0 Å². The van der Waals surface area contributed by atoms with Gasteiger partial charge in [-0.1, -0.05) is 55.8 Å². The number of amides is 1. The van der Waals surface area contributed by atoms with Gasteiger partial charge in [0.15, 0.2) is 0 Å². The summed E-state index contributed by atoms with van der Waals surface area (Å²) in [5.41, 5.74) is 4.29. The van der Waals surface area contributed by atoms with E-state index < -0.39 is 0 Å². The van der Waals surface area contributed by atoms with Crippen molar-refractivity contribution >= 4 is 28.4 Å². The highest BCUT2D eigenvalue weighted by Gasteiger charge is 2.28.